The van der Waals surface area contributed by atoms with Crippen molar-refractivity contribution < 1.29 is 20.1 Å². The monoisotopic (exact) mass is 481 g/mol. The molecule has 0 aliphatic heterocycles. The zero-order valence-corrected chi connectivity index (χ0v) is 21.0. The first-order valence-corrected chi connectivity index (χ1v) is 11.6. The average molecular weight is 482 g/mol. The van der Waals surface area contributed by atoms with Gasteiger partial charge in [0.1, 0.15) is 18.0 Å². The molecule has 3 aromatic rings. The van der Waals surface area contributed by atoms with Gasteiger partial charge in [0.05, 0.1) is 5.70 Å². The summed E-state index contributed by atoms with van der Waals surface area (Å²) >= 11 is 5.68. The van der Waals surface area contributed by atoms with E-state index < -0.39 is 5.97 Å². The lowest BCUT2D eigenvalue weighted by atomic mass is 10.0. The minimum absolute atomic E-state index is 0.0426. The third kappa shape index (κ3) is 4.59. The van der Waals surface area contributed by atoms with Crippen LogP contribution in [0.3, 0.4) is 0 Å². The van der Waals surface area contributed by atoms with Crippen molar-refractivity contribution in [1.29, 1.82) is 0 Å². The van der Waals surface area contributed by atoms with Crippen LogP contribution in [0.1, 0.15) is 42.7 Å². The predicted molar refractivity (Wildman–Crippen MR) is 141 cm³/mol. The number of hydrogen-bond acceptors (Lipinski definition) is 4. The minimum atomic E-state index is -0.898. The standard InChI is InChI=1S/C26H31N3O4S/c1-6-8-22(20-11-17(7-2)23(30)13-24(20)31)29(26(34)27-5)18-9-10-21-19(12-18)15(3)16(4)28(21)14-25(32)33/h8-13,30-31H,6-7,14H2,1-5H3,(H,27,34)(H,32,33). The Hall–Kier alpha value is -3.52. The second-order valence-corrected chi connectivity index (χ2v) is 8.52. The van der Waals surface area contributed by atoms with Crippen molar-refractivity contribution in [3.63, 3.8) is 0 Å². The average Bonchev–Trinajstić information content (AvgIpc) is 3.03. The molecule has 7 nitrogen and oxygen atoms in total. The molecule has 0 aliphatic carbocycles. The number of carboxylic acid groups (broad SMARTS) is 1. The molecule has 0 aliphatic rings. The van der Waals surface area contributed by atoms with Crippen molar-refractivity contribution in [2.75, 3.05) is 11.9 Å². The van der Waals surface area contributed by atoms with E-state index in [1.54, 1.807) is 17.7 Å². The number of aryl methyl sites for hydroxylation is 2. The number of carbonyl (C=O) groups is 1. The second kappa shape index (κ2) is 10.2. The molecule has 0 fully saturated rings. The normalized spacial score (nSPS) is 11.6. The molecule has 4 N–H and O–H groups in total. The first-order valence-electron chi connectivity index (χ1n) is 11.2. The Morgan fingerprint density at radius 2 is 1.85 bits per heavy atom. The number of aromatic hydroxyl groups is 2. The number of nitrogens with one attached hydrogen (secondary N) is 1. The second-order valence-electron chi connectivity index (χ2n) is 8.13. The summed E-state index contributed by atoms with van der Waals surface area (Å²) < 4.78 is 1.79. The van der Waals surface area contributed by atoms with E-state index >= 15 is 0 Å². The molecule has 0 saturated heterocycles. The lowest BCUT2D eigenvalue weighted by Gasteiger charge is -2.29. The topological polar surface area (TPSA) is 98.0 Å². The van der Waals surface area contributed by atoms with Crippen LogP contribution in [0.25, 0.3) is 16.6 Å². The largest absolute Gasteiger partial charge is 0.508 e. The number of carboxylic acids is 1. The zero-order valence-electron chi connectivity index (χ0n) is 20.1. The molecular formula is C26H31N3O4S. The van der Waals surface area contributed by atoms with Crippen LogP contribution in [0.15, 0.2) is 36.4 Å². The molecule has 34 heavy (non-hydrogen) atoms. The third-order valence-corrected chi connectivity index (χ3v) is 6.47. The molecule has 0 atom stereocenters. The van der Waals surface area contributed by atoms with Gasteiger partial charge in [0.25, 0.3) is 0 Å². The van der Waals surface area contributed by atoms with Gasteiger partial charge in [-0.25, -0.2) is 0 Å². The molecule has 1 heterocycles. The van der Waals surface area contributed by atoms with Gasteiger partial charge in [0, 0.05) is 41.0 Å². The van der Waals surface area contributed by atoms with E-state index in [9.17, 15) is 20.1 Å². The Bertz CT molecular complexity index is 1290. The van der Waals surface area contributed by atoms with Gasteiger partial charge in [-0.15, -0.1) is 0 Å². The Morgan fingerprint density at radius 3 is 2.44 bits per heavy atom. The van der Waals surface area contributed by atoms with Crippen LogP contribution in [0, 0.1) is 13.8 Å². The van der Waals surface area contributed by atoms with Crippen LogP contribution in [-0.2, 0) is 17.8 Å². The maximum Gasteiger partial charge on any atom is 0.323 e. The number of anilines is 1. The van der Waals surface area contributed by atoms with Crippen molar-refractivity contribution >= 4 is 45.6 Å². The first-order chi connectivity index (χ1) is 16.1. The van der Waals surface area contributed by atoms with Gasteiger partial charge in [-0.3, -0.25) is 9.69 Å². The number of aromatic nitrogens is 1. The molecule has 180 valence electrons. The molecule has 0 radical (unpaired) electrons. The number of nitrogens with zero attached hydrogens (tertiary/aromatic N) is 2. The van der Waals surface area contributed by atoms with Gasteiger partial charge in [-0.05, 0) is 74.3 Å². The fraction of sp³-hybridized carbons (Fsp3) is 0.308. The summed E-state index contributed by atoms with van der Waals surface area (Å²) in [6, 6.07) is 8.93. The van der Waals surface area contributed by atoms with Crippen LogP contribution in [0.2, 0.25) is 0 Å². The van der Waals surface area contributed by atoms with Gasteiger partial charge < -0.3 is 25.2 Å². The van der Waals surface area contributed by atoms with Crippen LogP contribution in [0.5, 0.6) is 11.5 Å². The Morgan fingerprint density at radius 1 is 1.15 bits per heavy atom. The number of rotatable bonds is 7. The molecule has 0 unspecified atom stereocenters. The Labute approximate surface area is 204 Å². The number of hydrogen-bond donors (Lipinski definition) is 4. The molecule has 0 saturated carbocycles. The van der Waals surface area contributed by atoms with Crippen molar-refractivity contribution in [3.8, 4) is 11.5 Å². The summed E-state index contributed by atoms with van der Waals surface area (Å²) in [5.41, 5.74) is 5.46. The quantitative estimate of drug-likeness (QED) is 0.350. The Kier molecular flexibility index (Phi) is 7.51. The molecule has 1 aromatic heterocycles. The molecule has 2 aromatic carbocycles. The molecular weight excluding hydrogens is 450 g/mol. The van der Waals surface area contributed by atoms with Gasteiger partial charge in [0.15, 0.2) is 5.11 Å². The number of aliphatic carboxylic acids is 1. The van der Waals surface area contributed by atoms with Crippen LogP contribution in [-0.4, -0.2) is 38.0 Å². The van der Waals surface area contributed by atoms with Crippen molar-refractivity contribution in [2.45, 2.75) is 47.1 Å². The van der Waals surface area contributed by atoms with Crippen molar-refractivity contribution in [3.05, 3.63) is 58.8 Å². The van der Waals surface area contributed by atoms with Crippen LogP contribution < -0.4 is 10.2 Å². The summed E-state index contributed by atoms with van der Waals surface area (Å²) in [6.07, 6.45) is 3.28. The van der Waals surface area contributed by atoms with Gasteiger partial charge in [-0.1, -0.05) is 19.9 Å². The van der Waals surface area contributed by atoms with E-state index in [0.29, 0.717) is 29.2 Å². The van der Waals surface area contributed by atoms with E-state index in [4.69, 9.17) is 12.2 Å². The highest BCUT2D eigenvalue weighted by molar-refractivity contribution is 7.80. The highest BCUT2D eigenvalue weighted by atomic mass is 32.1. The Balaban J connectivity index is 2.25. The van der Waals surface area contributed by atoms with Crippen LogP contribution in [0.4, 0.5) is 5.69 Å². The van der Waals surface area contributed by atoms with Gasteiger partial charge in [0.2, 0.25) is 0 Å². The predicted octanol–water partition coefficient (Wildman–Crippen LogP) is 5.08. The maximum absolute atomic E-state index is 11.4. The summed E-state index contributed by atoms with van der Waals surface area (Å²) in [5, 5.41) is 34.7. The molecule has 0 spiro atoms. The number of phenolic OH excluding ortho intramolecular Hbond substituents is 2. The number of thiocarbonyl (C=S) groups is 1. The van der Waals surface area contributed by atoms with E-state index in [1.165, 1.54) is 6.07 Å². The van der Waals surface area contributed by atoms with Crippen molar-refractivity contribution in [1.82, 2.24) is 9.88 Å². The summed E-state index contributed by atoms with van der Waals surface area (Å²) in [7, 11) is 1.74. The smallest absolute Gasteiger partial charge is 0.323 e. The fourth-order valence-corrected chi connectivity index (χ4v) is 4.42. The minimum Gasteiger partial charge on any atom is -0.508 e. The van der Waals surface area contributed by atoms with Crippen LogP contribution >= 0.6 is 12.2 Å². The maximum atomic E-state index is 11.4. The highest BCUT2D eigenvalue weighted by Gasteiger charge is 2.23. The third-order valence-electron chi connectivity index (χ3n) is 6.08. The number of fused-ring (bicyclic) bond motifs is 1. The number of benzene rings is 2. The highest BCUT2D eigenvalue weighted by Crippen LogP contribution is 2.38. The first kappa shape index (κ1) is 25.1. The molecule has 3 rings (SSSR count). The number of allylic oxidation sites excluding steroid dienone is 1. The molecule has 0 amide bonds. The van der Waals surface area contributed by atoms with E-state index in [-0.39, 0.29) is 18.0 Å². The molecule has 0 bridgehead atoms. The number of phenols is 2. The summed E-state index contributed by atoms with van der Waals surface area (Å²) in [4.78, 5) is 13.3. The fourth-order valence-electron chi connectivity index (χ4n) is 4.22. The summed E-state index contributed by atoms with van der Waals surface area (Å²) in [5.74, 6) is -0.890. The van der Waals surface area contributed by atoms with Crippen molar-refractivity contribution in [2.24, 2.45) is 0 Å². The van der Waals surface area contributed by atoms with E-state index in [2.05, 4.69) is 5.32 Å². The van der Waals surface area contributed by atoms with Gasteiger partial charge >= 0.3 is 5.97 Å². The lowest BCUT2D eigenvalue weighted by Crippen LogP contribution is -2.36. The van der Waals surface area contributed by atoms with E-state index in [1.807, 2.05) is 56.9 Å². The SMILES string of the molecule is CCC=C(c1cc(CC)c(O)cc1O)N(C(=S)NC)c1ccc2c(c1)c(C)c(C)n2CC(=O)O. The lowest BCUT2D eigenvalue weighted by molar-refractivity contribution is -0.137. The van der Waals surface area contributed by atoms with Gasteiger partial charge in [-0.2, -0.15) is 0 Å². The zero-order chi connectivity index (χ0) is 25.2. The summed E-state index contributed by atoms with van der Waals surface area (Å²) in [6.45, 7) is 7.72. The van der Waals surface area contributed by atoms with E-state index in [0.717, 1.165) is 33.4 Å². The molecule has 8 heteroatoms.